The molecule has 0 aliphatic carbocycles. The van der Waals surface area contributed by atoms with Crippen LogP contribution in [0.3, 0.4) is 0 Å². The van der Waals surface area contributed by atoms with Crippen molar-refractivity contribution in [2.75, 3.05) is 0 Å². The summed E-state index contributed by atoms with van der Waals surface area (Å²) in [7, 11) is 0. The molecule has 0 N–H and O–H groups in total. The van der Waals surface area contributed by atoms with Crippen LogP contribution in [-0.4, -0.2) is 14.2 Å². The first-order valence-corrected chi connectivity index (χ1v) is 4.28. The minimum Gasteiger partial charge on any atom is -0.275 e. The molecule has 0 saturated carbocycles. The van der Waals surface area contributed by atoms with Crippen LogP contribution < -0.4 is 0 Å². The van der Waals surface area contributed by atoms with Gasteiger partial charge in [0.25, 0.3) is 0 Å². The lowest BCUT2D eigenvalue weighted by atomic mass is 10.5. The Kier molecular flexibility index (Phi) is 1.69. The average molecular weight is 179 g/mol. The average Bonchev–Trinajstić information content (AvgIpc) is 2.44. The summed E-state index contributed by atoms with van der Waals surface area (Å²) in [6.07, 6.45) is 1.93. The van der Waals surface area contributed by atoms with E-state index in [-0.39, 0.29) is 0 Å². The minimum atomic E-state index is 0.758. The number of nitrogens with zero attached hydrogens (tertiary/aromatic N) is 3. The number of aromatic nitrogens is 3. The van der Waals surface area contributed by atoms with E-state index >= 15 is 0 Å². The molecule has 0 saturated heterocycles. The fourth-order valence-electron chi connectivity index (χ4n) is 1.17. The van der Waals surface area contributed by atoms with Crippen LogP contribution in [0, 0.1) is 4.77 Å². The molecule has 0 aliphatic rings. The molecule has 0 aromatic carbocycles. The molecule has 2 heterocycles. The standard InChI is InChI=1S/C8H9N3S/c1-2-11-8(12)10-6-4-3-5-7(10)9-11/h3-6H,2H2,1H3. The first kappa shape index (κ1) is 7.49. The molecule has 0 amide bonds. The predicted molar refractivity (Wildman–Crippen MR) is 49.7 cm³/mol. The van der Waals surface area contributed by atoms with Gasteiger partial charge >= 0.3 is 0 Å². The fraction of sp³-hybridized carbons (Fsp3) is 0.250. The molecule has 0 bridgehead atoms. The van der Waals surface area contributed by atoms with Crippen molar-refractivity contribution in [3.63, 3.8) is 0 Å². The molecule has 62 valence electrons. The topological polar surface area (TPSA) is 22.2 Å². The van der Waals surface area contributed by atoms with E-state index in [1.807, 2.05) is 40.4 Å². The van der Waals surface area contributed by atoms with Gasteiger partial charge in [-0.25, -0.2) is 4.68 Å². The Balaban J connectivity index is 2.88. The first-order chi connectivity index (χ1) is 5.83. The second-order valence-corrected chi connectivity index (χ2v) is 2.89. The summed E-state index contributed by atoms with van der Waals surface area (Å²) in [6, 6.07) is 5.85. The highest BCUT2D eigenvalue weighted by Crippen LogP contribution is 2.01. The van der Waals surface area contributed by atoms with Crippen LogP contribution in [0.5, 0.6) is 0 Å². The third-order valence-corrected chi connectivity index (χ3v) is 2.20. The Morgan fingerprint density at radius 1 is 1.50 bits per heavy atom. The van der Waals surface area contributed by atoms with Gasteiger partial charge in [0, 0.05) is 12.7 Å². The van der Waals surface area contributed by atoms with Crippen molar-refractivity contribution in [3.05, 3.63) is 29.2 Å². The maximum Gasteiger partial charge on any atom is 0.202 e. The molecule has 12 heavy (non-hydrogen) atoms. The van der Waals surface area contributed by atoms with Crippen LogP contribution in [0.4, 0.5) is 0 Å². The zero-order chi connectivity index (χ0) is 8.55. The quantitative estimate of drug-likeness (QED) is 0.624. The molecule has 0 unspecified atom stereocenters. The lowest BCUT2D eigenvalue weighted by Gasteiger charge is -1.89. The highest BCUT2D eigenvalue weighted by molar-refractivity contribution is 7.71. The summed E-state index contributed by atoms with van der Waals surface area (Å²) in [5.74, 6) is 0. The van der Waals surface area contributed by atoms with E-state index in [4.69, 9.17) is 12.2 Å². The van der Waals surface area contributed by atoms with Crippen LogP contribution in [0.15, 0.2) is 24.4 Å². The van der Waals surface area contributed by atoms with Gasteiger partial charge in [-0.15, -0.1) is 0 Å². The van der Waals surface area contributed by atoms with Crippen molar-refractivity contribution < 1.29 is 0 Å². The van der Waals surface area contributed by atoms with Gasteiger partial charge in [-0.2, -0.15) is 5.10 Å². The number of fused-ring (bicyclic) bond motifs is 1. The number of rotatable bonds is 1. The molecule has 0 radical (unpaired) electrons. The van der Waals surface area contributed by atoms with E-state index in [1.165, 1.54) is 0 Å². The van der Waals surface area contributed by atoms with Crippen LogP contribution in [0.25, 0.3) is 5.65 Å². The Hall–Kier alpha value is -1.16. The molecule has 0 atom stereocenters. The second-order valence-electron chi connectivity index (χ2n) is 2.53. The number of aryl methyl sites for hydroxylation is 1. The van der Waals surface area contributed by atoms with Crippen LogP contribution in [-0.2, 0) is 6.54 Å². The van der Waals surface area contributed by atoms with Gasteiger partial charge in [-0.05, 0) is 31.3 Å². The Labute approximate surface area is 75.3 Å². The molecule has 0 spiro atoms. The van der Waals surface area contributed by atoms with E-state index in [0.717, 1.165) is 17.0 Å². The fourth-order valence-corrected chi connectivity index (χ4v) is 1.50. The van der Waals surface area contributed by atoms with Gasteiger partial charge < -0.3 is 0 Å². The van der Waals surface area contributed by atoms with Gasteiger partial charge in [-0.3, -0.25) is 4.40 Å². The molecule has 3 nitrogen and oxygen atoms in total. The van der Waals surface area contributed by atoms with E-state index in [1.54, 1.807) is 0 Å². The highest BCUT2D eigenvalue weighted by atomic mass is 32.1. The van der Waals surface area contributed by atoms with Crippen molar-refractivity contribution in [1.29, 1.82) is 0 Å². The molecular weight excluding hydrogens is 170 g/mol. The van der Waals surface area contributed by atoms with Gasteiger partial charge in [0.2, 0.25) is 4.77 Å². The monoisotopic (exact) mass is 179 g/mol. The lowest BCUT2D eigenvalue weighted by Crippen LogP contribution is -1.95. The Morgan fingerprint density at radius 3 is 3.00 bits per heavy atom. The molecule has 0 aliphatic heterocycles. The van der Waals surface area contributed by atoms with Crippen molar-refractivity contribution >= 4 is 17.9 Å². The molecule has 2 aromatic heterocycles. The van der Waals surface area contributed by atoms with Crippen molar-refractivity contribution in [1.82, 2.24) is 14.2 Å². The molecule has 2 aromatic rings. The van der Waals surface area contributed by atoms with E-state index < -0.39 is 0 Å². The predicted octanol–water partition coefficient (Wildman–Crippen LogP) is 1.89. The largest absolute Gasteiger partial charge is 0.275 e. The summed E-state index contributed by atoms with van der Waals surface area (Å²) in [6.45, 7) is 2.85. The number of hydrogen-bond donors (Lipinski definition) is 0. The van der Waals surface area contributed by atoms with Gasteiger partial charge in [-0.1, -0.05) is 6.07 Å². The van der Waals surface area contributed by atoms with E-state index in [0.29, 0.717) is 0 Å². The summed E-state index contributed by atoms with van der Waals surface area (Å²) in [5, 5.41) is 4.31. The summed E-state index contributed by atoms with van der Waals surface area (Å²) >= 11 is 5.19. The van der Waals surface area contributed by atoms with Crippen molar-refractivity contribution in [3.8, 4) is 0 Å². The lowest BCUT2D eigenvalue weighted by molar-refractivity contribution is 0.650. The number of pyridine rings is 1. The summed E-state index contributed by atoms with van der Waals surface area (Å²) in [5.41, 5.74) is 0.907. The third kappa shape index (κ3) is 0.956. The van der Waals surface area contributed by atoms with Gasteiger partial charge in [0.05, 0.1) is 0 Å². The number of hydrogen-bond acceptors (Lipinski definition) is 2. The molecule has 4 heteroatoms. The van der Waals surface area contributed by atoms with Gasteiger partial charge in [0.15, 0.2) is 5.65 Å². The molecule has 2 rings (SSSR count). The second kappa shape index (κ2) is 2.71. The zero-order valence-electron chi connectivity index (χ0n) is 6.77. The van der Waals surface area contributed by atoms with Gasteiger partial charge in [0.1, 0.15) is 0 Å². The smallest absolute Gasteiger partial charge is 0.202 e. The minimum absolute atomic E-state index is 0.758. The Morgan fingerprint density at radius 2 is 2.33 bits per heavy atom. The zero-order valence-corrected chi connectivity index (χ0v) is 7.58. The summed E-state index contributed by atoms with van der Waals surface area (Å²) < 4.78 is 4.47. The van der Waals surface area contributed by atoms with Crippen LogP contribution in [0.2, 0.25) is 0 Å². The van der Waals surface area contributed by atoms with Crippen molar-refractivity contribution in [2.45, 2.75) is 13.5 Å². The summed E-state index contributed by atoms with van der Waals surface area (Å²) in [4.78, 5) is 0. The maximum absolute atomic E-state index is 5.19. The maximum atomic E-state index is 5.19. The van der Waals surface area contributed by atoms with Crippen LogP contribution >= 0.6 is 12.2 Å². The third-order valence-electron chi connectivity index (χ3n) is 1.79. The van der Waals surface area contributed by atoms with Crippen molar-refractivity contribution in [2.24, 2.45) is 0 Å². The molecule has 0 fully saturated rings. The van der Waals surface area contributed by atoms with E-state index in [2.05, 4.69) is 5.10 Å². The first-order valence-electron chi connectivity index (χ1n) is 3.87. The normalized spacial score (nSPS) is 10.8. The highest BCUT2D eigenvalue weighted by Gasteiger charge is 1.98. The SMILES string of the molecule is CCn1nc2ccccn2c1=S. The Bertz CT molecular complexity index is 455. The van der Waals surface area contributed by atoms with Crippen LogP contribution in [0.1, 0.15) is 6.92 Å². The van der Waals surface area contributed by atoms with E-state index in [9.17, 15) is 0 Å². The molecular formula is C8H9N3S.